The molecule has 3 aromatic carbocycles. The fourth-order valence-corrected chi connectivity index (χ4v) is 4.05. The lowest BCUT2D eigenvalue weighted by molar-refractivity contribution is 0.0951. The Balaban J connectivity index is 1.84. The van der Waals surface area contributed by atoms with Gasteiger partial charge in [-0.05, 0) is 48.0 Å². The monoisotopic (exact) mass is 478 g/mol. The van der Waals surface area contributed by atoms with Crippen molar-refractivity contribution in [1.29, 1.82) is 0 Å². The molecular formula is C20H16BrClN2O3S. The quantitative estimate of drug-likeness (QED) is 0.531. The highest BCUT2D eigenvalue weighted by Crippen LogP contribution is 2.24. The number of halogens is 2. The van der Waals surface area contributed by atoms with Crippen LogP contribution in [-0.2, 0) is 16.6 Å². The van der Waals surface area contributed by atoms with E-state index in [0.29, 0.717) is 16.0 Å². The number of nitrogens with one attached hydrogen (secondary N) is 2. The molecule has 8 heteroatoms. The molecule has 5 nitrogen and oxygen atoms in total. The normalized spacial score (nSPS) is 11.1. The van der Waals surface area contributed by atoms with E-state index in [4.69, 9.17) is 11.6 Å². The van der Waals surface area contributed by atoms with E-state index in [1.165, 1.54) is 30.3 Å². The molecule has 0 aliphatic rings. The van der Waals surface area contributed by atoms with Crippen LogP contribution < -0.4 is 10.0 Å². The Bertz CT molecular complexity index is 1090. The molecule has 0 radical (unpaired) electrons. The number of hydrogen-bond acceptors (Lipinski definition) is 3. The molecule has 3 aromatic rings. The van der Waals surface area contributed by atoms with Crippen molar-refractivity contribution in [2.45, 2.75) is 11.4 Å². The lowest BCUT2D eigenvalue weighted by atomic mass is 10.1. The Morgan fingerprint density at radius 1 is 0.964 bits per heavy atom. The first kappa shape index (κ1) is 20.4. The summed E-state index contributed by atoms with van der Waals surface area (Å²) >= 11 is 9.14. The van der Waals surface area contributed by atoms with Crippen LogP contribution in [-0.4, -0.2) is 14.3 Å². The first-order chi connectivity index (χ1) is 13.3. The maximum atomic E-state index is 12.7. The molecule has 0 atom stereocenters. The predicted octanol–water partition coefficient (Wildman–Crippen LogP) is 4.83. The zero-order chi connectivity index (χ0) is 20.1. The smallest absolute Gasteiger partial charge is 0.261 e. The third-order valence-electron chi connectivity index (χ3n) is 3.89. The van der Waals surface area contributed by atoms with Crippen molar-refractivity contribution < 1.29 is 13.2 Å². The molecule has 0 aliphatic heterocycles. The summed E-state index contributed by atoms with van der Waals surface area (Å²) in [6.45, 7) is 0.329. The van der Waals surface area contributed by atoms with Crippen molar-refractivity contribution >= 4 is 49.1 Å². The molecule has 3 rings (SSSR count). The minimum Gasteiger partial charge on any atom is -0.348 e. The standard InChI is InChI=1S/C20H16BrClN2O3S/c21-15-6-11-19(24-28(26,27)17-9-7-16(22)8-10-17)18(12-15)20(25)23-13-14-4-2-1-3-5-14/h1-12,24H,13H2,(H,23,25). The van der Waals surface area contributed by atoms with Crippen molar-refractivity contribution in [1.82, 2.24) is 5.32 Å². The van der Waals surface area contributed by atoms with Crippen LogP contribution in [0.1, 0.15) is 15.9 Å². The summed E-state index contributed by atoms with van der Waals surface area (Å²) in [6, 6.07) is 20.0. The van der Waals surface area contributed by atoms with Gasteiger partial charge in [0.05, 0.1) is 16.1 Å². The summed E-state index contributed by atoms with van der Waals surface area (Å²) in [5.41, 5.74) is 1.33. The van der Waals surface area contributed by atoms with Crippen LogP contribution in [0.4, 0.5) is 5.69 Å². The molecular weight excluding hydrogens is 464 g/mol. The van der Waals surface area contributed by atoms with Gasteiger partial charge in [0, 0.05) is 16.0 Å². The summed E-state index contributed by atoms with van der Waals surface area (Å²) in [7, 11) is -3.87. The highest BCUT2D eigenvalue weighted by molar-refractivity contribution is 9.10. The number of anilines is 1. The topological polar surface area (TPSA) is 75.3 Å². The van der Waals surface area contributed by atoms with Crippen molar-refractivity contribution in [2.75, 3.05) is 4.72 Å². The molecule has 0 bridgehead atoms. The molecule has 2 N–H and O–H groups in total. The minimum absolute atomic E-state index is 0.0514. The number of hydrogen-bond donors (Lipinski definition) is 2. The average molecular weight is 480 g/mol. The van der Waals surface area contributed by atoms with Gasteiger partial charge in [0.2, 0.25) is 0 Å². The van der Waals surface area contributed by atoms with E-state index in [1.54, 1.807) is 12.1 Å². The second-order valence-corrected chi connectivity index (χ2v) is 8.95. The summed E-state index contributed by atoms with van der Waals surface area (Å²) in [5, 5.41) is 3.24. The fraction of sp³-hybridized carbons (Fsp3) is 0.0500. The van der Waals surface area contributed by atoms with Crippen LogP contribution in [0.3, 0.4) is 0 Å². The van der Waals surface area contributed by atoms with Gasteiger partial charge in [-0.15, -0.1) is 0 Å². The van der Waals surface area contributed by atoms with Gasteiger partial charge in [-0.25, -0.2) is 8.42 Å². The van der Waals surface area contributed by atoms with Gasteiger partial charge in [-0.2, -0.15) is 0 Å². The van der Waals surface area contributed by atoms with Gasteiger partial charge in [0.1, 0.15) is 0 Å². The second-order valence-electron chi connectivity index (χ2n) is 5.92. The second kappa shape index (κ2) is 8.77. The van der Waals surface area contributed by atoms with Crippen LogP contribution in [0, 0.1) is 0 Å². The Labute approximate surface area is 176 Å². The molecule has 0 heterocycles. The van der Waals surface area contributed by atoms with Gasteiger partial charge in [-0.3, -0.25) is 9.52 Å². The van der Waals surface area contributed by atoms with E-state index < -0.39 is 10.0 Å². The Morgan fingerprint density at radius 2 is 1.64 bits per heavy atom. The van der Waals surface area contributed by atoms with E-state index in [1.807, 2.05) is 30.3 Å². The zero-order valence-corrected chi connectivity index (χ0v) is 17.7. The third kappa shape index (κ3) is 5.13. The van der Waals surface area contributed by atoms with E-state index in [9.17, 15) is 13.2 Å². The van der Waals surface area contributed by atoms with Crippen molar-refractivity contribution in [3.05, 3.63) is 93.4 Å². The number of carbonyl (C=O) groups excluding carboxylic acids is 1. The molecule has 0 unspecified atom stereocenters. The van der Waals surface area contributed by atoms with E-state index in [2.05, 4.69) is 26.0 Å². The lowest BCUT2D eigenvalue weighted by Crippen LogP contribution is -2.25. The summed E-state index contributed by atoms with van der Waals surface area (Å²) in [5.74, 6) is -0.390. The van der Waals surface area contributed by atoms with E-state index >= 15 is 0 Å². The number of amides is 1. The molecule has 144 valence electrons. The van der Waals surface area contributed by atoms with Crippen LogP contribution in [0.2, 0.25) is 5.02 Å². The first-order valence-electron chi connectivity index (χ1n) is 8.25. The summed E-state index contributed by atoms with van der Waals surface area (Å²) in [4.78, 5) is 12.7. The first-order valence-corrected chi connectivity index (χ1v) is 10.9. The minimum atomic E-state index is -3.87. The fourth-order valence-electron chi connectivity index (χ4n) is 2.48. The summed E-state index contributed by atoms with van der Waals surface area (Å²) < 4.78 is 28.4. The van der Waals surface area contributed by atoms with Crippen LogP contribution >= 0.6 is 27.5 Å². The van der Waals surface area contributed by atoms with E-state index in [-0.39, 0.29) is 22.1 Å². The molecule has 0 saturated heterocycles. The summed E-state index contributed by atoms with van der Waals surface area (Å²) in [6.07, 6.45) is 0. The van der Waals surface area contributed by atoms with Crippen molar-refractivity contribution in [3.63, 3.8) is 0 Å². The zero-order valence-electron chi connectivity index (χ0n) is 14.5. The van der Waals surface area contributed by atoms with Crippen LogP contribution in [0.15, 0.2) is 82.2 Å². The number of rotatable bonds is 6. The SMILES string of the molecule is O=C(NCc1ccccc1)c1cc(Br)ccc1NS(=O)(=O)c1ccc(Cl)cc1. The Morgan fingerprint density at radius 3 is 2.32 bits per heavy atom. The molecule has 0 aliphatic carbocycles. The van der Waals surface area contributed by atoms with Crippen LogP contribution in [0.25, 0.3) is 0 Å². The molecule has 0 aromatic heterocycles. The van der Waals surface area contributed by atoms with Crippen molar-refractivity contribution in [2.24, 2.45) is 0 Å². The van der Waals surface area contributed by atoms with Gasteiger partial charge < -0.3 is 5.32 Å². The van der Waals surface area contributed by atoms with Crippen LogP contribution in [0.5, 0.6) is 0 Å². The van der Waals surface area contributed by atoms with E-state index in [0.717, 1.165) is 5.56 Å². The molecule has 1 amide bonds. The molecule has 0 fully saturated rings. The maximum Gasteiger partial charge on any atom is 0.261 e. The van der Waals surface area contributed by atoms with Gasteiger partial charge >= 0.3 is 0 Å². The van der Waals surface area contributed by atoms with Gasteiger partial charge in [0.25, 0.3) is 15.9 Å². The Hall–Kier alpha value is -2.35. The molecule has 28 heavy (non-hydrogen) atoms. The van der Waals surface area contributed by atoms with Gasteiger partial charge in [0.15, 0.2) is 0 Å². The number of carbonyl (C=O) groups is 1. The molecule has 0 saturated carbocycles. The number of sulfonamides is 1. The van der Waals surface area contributed by atoms with Gasteiger partial charge in [-0.1, -0.05) is 57.9 Å². The molecule has 0 spiro atoms. The third-order valence-corrected chi connectivity index (χ3v) is 6.02. The largest absolute Gasteiger partial charge is 0.348 e. The highest BCUT2D eigenvalue weighted by Gasteiger charge is 2.19. The number of benzene rings is 3. The lowest BCUT2D eigenvalue weighted by Gasteiger charge is -2.13. The maximum absolute atomic E-state index is 12.7. The van der Waals surface area contributed by atoms with Crippen molar-refractivity contribution in [3.8, 4) is 0 Å². The Kier molecular flexibility index (Phi) is 6.39. The average Bonchev–Trinajstić information content (AvgIpc) is 2.68. The highest BCUT2D eigenvalue weighted by atomic mass is 79.9. The predicted molar refractivity (Wildman–Crippen MR) is 114 cm³/mol.